The lowest BCUT2D eigenvalue weighted by Crippen LogP contribution is -2.68. The van der Waals surface area contributed by atoms with E-state index in [1.54, 1.807) is 0 Å². The summed E-state index contributed by atoms with van der Waals surface area (Å²) in [5.41, 5.74) is 0. The highest BCUT2D eigenvalue weighted by Crippen LogP contribution is 2.31. The minimum atomic E-state index is -1.70. The van der Waals surface area contributed by atoms with Crippen molar-refractivity contribution in [2.75, 3.05) is 13.2 Å². The maximum absolute atomic E-state index is 9.40. The molecule has 3 saturated heterocycles. The fraction of sp³-hybridized carbons (Fsp3) is 1.00. The lowest BCUT2D eigenvalue weighted by Gasteiger charge is -2.48. The van der Waals surface area contributed by atoms with Crippen molar-refractivity contribution in [3.63, 3.8) is 0 Å². The van der Waals surface area contributed by atoms with Gasteiger partial charge in [-0.3, -0.25) is 0 Å². The summed E-state index contributed by atoms with van der Waals surface area (Å²) in [5, 5.41) is 27.8. The van der Waals surface area contributed by atoms with Crippen molar-refractivity contribution in [3.8, 4) is 0 Å². The average molecular weight is 162 g/mol. The second-order valence-electron chi connectivity index (χ2n) is 2.94. The third-order valence-electron chi connectivity index (χ3n) is 2.17. The van der Waals surface area contributed by atoms with Gasteiger partial charge < -0.3 is 24.8 Å². The fourth-order valence-electron chi connectivity index (χ4n) is 1.38. The molecule has 2 bridgehead atoms. The molecule has 3 aliphatic heterocycles. The second kappa shape index (κ2) is 2.15. The number of hydrogen-bond donors (Lipinski definition) is 3. The van der Waals surface area contributed by atoms with E-state index in [2.05, 4.69) is 0 Å². The highest BCUT2D eigenvalue weighted by molar-refractivity contribution is 4.96. The Labute approximate surface area is 63.2 Å². The highest BCUT2D eigenvalue weighted by Gasteiger charge is 2.54. The number of rotatable bonds is 0. The second-order valence-corrected chi connectivity index (χ2v) is 2.94. The van der Waals surface area contributed by atoms with Crippen molar-refractivity contribution in [2.45, 2.75) is 24.1 Å². The molecule has 0 unspecified atom stereocenters. The molecule has 0 amide bonds. The van der Waals surface area contributed by atoms with Crippen LogP contribution in [0.2, 0.25) is 0 Å². The van der Waals surface area contributed by atoms with Crippen LogP contribution in [0.5, 0.6) is 0 Å². The van der Waals surface area contributed by atoms with Gasteiger partial charge in [0.2, 0.25) is 5.79 Å². The Kier molecular flexibility index (Phi) is 1.45. The maximum atomic E-state index is 9.40. The first-order valence-corrected chi connectivity index (χ1v) is 3.47. The van der Waals surface area contributed by atoms with E-state index in [4.69, 9.17) is 9.47 Å². The minimum absolute atomic E-state index is 0.0735. The summed E-state index contributed by atoms with van der Waals surface area (Å²) in [6.45, 7) is 0.0601. The van der Waals surface area contributed by atoms with Crippen molar-refractivity contribution in [3.05, 3.63) is 0 Å². The SMILES string of the molecule is O[C@H]1[C@H]2CO[C@@](O)(CO2)[C@H]1O. The van der Waals surface area contributed by atoms with Crippen molar-refractivity contribution in [2.24, 2.45) is 0 Å². The summed E-state index contributed by atoms with van der Waals surface area (Å²) in [5.74, 6) is -1.70. The van der Waals surface area contributed by atoms with Crippen LogP contribution in [0.25, 0.3) is 0 Å². The number of ether oxygens (including phenoxy) is 2. The van der Waals surface area contributed by atoms with Gasteiger partial charge in [-0.15, -0.1) is 0 Å². The molecule has 0 aromatic rings. The molecule has 3 heterocycles. The molecule has 3 fully saturated rings. The van der Waals surface area contributed by atoms with Gasteiger partial charge in [-0.05, 0) is 0 Å². The average Bonchev–Trinajstić information content (AvgIpc) is 2.01. The van der Waals surface area contributed by atoms with Crippen LogP contribution in [0.4, 0.5) is 0 Å². The predicted molar refractivity (Wildman–Crippen MR) is 32.7 cm³/mol. The molecule has 3 aliphatic rings. The number of fused-ring (bicyclic) bond motifs is 3. The minimum Gasteiger partial charge on any atom is -0.387 e. The van der Waals surface area contributed by atoms with Crippen LogP contribution in [0.3, 0.4) is 0 Å². The first-order valence-electron chi connectivity index (χ1n) is 3.47. The van der Waals surface area contributed by atoms with Crippen LogP contribution in [0.1, 0.15) is 0 Å². The van der Waals surface area contributed by atoms with Gasteiger partial charge in [0.15, 0.2) is 0 Å². The number of hydrogen-bond acceptors (Lipinski definition) is 5. The molecule has 4 atom stereocenters. The molecule has 11 heavy (non-hydrogen) atoms. The molecule has 64 valence electrons. The standard InChI is InChI=1S/C6H10O5/c7-4-3-1-11-6(9,2-10-3)5(4)8/h3-5,7-9H,1-2H2/t3-,4+,5+,6+/m1/s1. The van der Waals surface area contributed by atoms with E-state index in [1.807, 2.05) is 0 Å². The molecule has 0 saturated carbocycles. The van der Waals surface area contributed by atoms with Crippen molar-refractivity contribution in [1.29, 1.82) is 0 Å². The van der Waals surface area contributed by atoms with Gasteiger partial charge in [-0.25, -0.2) is 0 Å². The van der Waals surface area contributed by atoms with E-state index in [0.717, 1.165) is 0 Å². The summed E-state index contributed by atoms with van der Waals surface area (Å²) in [6.07, 6.45) is -2.79. The van der Waals surface area contributed by atoms with Crippen LogP contribution < -0.4 is 0 Å². The largest absolute Gasteiger partial charge is 0.387 e. The summed E-state index contributed by atoms with van der Waals surface area (Å²) < 4.78 is 9.85. The Morgan fingerprint density at radius 2 is 2.09 bits per heavy atom. The zero-order valence-electron chi connectivity index (χ0n) is 5.80. The highest BCUT2D eigenvalue weighted by atomic mass is 16.7. The van der Waals surface area contributed by atoms with Crippen LogP contribution in [0.15, 0.2) is 0 Å². The first-order chi connectivity index (χ1) is 5.13. The van der Waals surface area contributed by atoms with Crippen LogP contribution in [-0.2, 0) is 9.47 Å². The zero-order chi connectivity index (χ0) is 8.06. The number of aliphatic hydroxyl groups excluding tert-OH is 2. The normalized spacial score (nSPS) is 56.5. The van der Waals surface area contributed by atoms with Gasteiger partial charge in [0, 0.05) is 0 Å². The monoisotopic (exact) mass is 162 g/mol. The van der Waals surface area contributed by atoms with Gasteiger partial charge in [0.05, 0.1) is 6.61 Å². The molecular weight excluding hydrogens is 152 g/mol. The Hall–Kier alpha value is -0.200. The lowest BCUT2D eigenvalue weighted by atomic mass is 9.94. The van der Waals surface area contributed by atoms with Gasteiger partial charge in [0.1, 0.15) is 24.9 Å². The molecule has 5 heteroatoms. The van der Waals surface area contributed by atoms with Gasteiger partial charge >= 0.3 is 0 Å². The van der Waals surface area contributed by atoms with Gasteiger partial charge in [-0.2, -0.15) is 0 Å². The lowest BCUT2D eigenvalue weighted by molar-refractivity contribution is -0.385. The molecule has 5 nitrogen and oxygen atoms in total. The summed E-state index contributed by atoms with van der Waals surface area (Å²) in [7, 11) is 0. The van der Waals surface area contributed by atoms with E-state index >= 15 is 0 Å². The molecular formula is C6H10O5. The van der Waals surface area contributed by atoms with Gasteiger partial charge in [0.25, 0.3) is 0 Å². The van der Waals surface area contributed by atoms with E-state index in [0.29, 0.717) is 0 Å². The fourth-order valence-corrected chi connectivity index (χ4v) is 1.38. The topological polar surface area (TPSA) is 79.2 Å². The Morgan fingerprint density at radius 3 is 2.45 bits per heavy atom. The maximum Gasteiger partial charge on any atom is 0.219 e. The van der Waals surface area contributed by atoms with Crippen molar-refractivity contribution in [1.82, 2.24) is 0 Å². The molecule has 3 rings (SSSR count). The zero-order valence-corrected chi connectivity index (χ0v) is 5.80. The Morgan fingerprint density at radius 1 is 1.36 bits per heavy atom. The quantitative estimate of drug-likeness (QED) is 0.377. The smallest absolute Gasteiger partial charge is 0.219 e. The van der Waals surface area contributed by atoms with Gasteiger partial charge in [-0.1, -0.05) is 0 Å². The van der Waals surface area contributed by atoms with E-state index in [-0.39, 0.29) is 13.2 Å². The summed E-state index contributed by atoms with van der Waals surface area (Å²) in [4.78, 5) is 0. The van der Waals surface area contributed by atoms with E-state index in [9.17, 15) is 15.3 Å². The van der Waals surface area contributed by atoms with Crippen LogP contribution in [0, 0.1) is 0 Å². The molecule has 0 spiro atoms. The van der Waals surface area contributed by atoms with Crippen molar-refractivity contribution >= 4 is 0 Å². The first kappa shape index (κ1) is 7.45. The Bertz CT molecular complexity index is 162. The van der Waals surface area contributed by atoms with Crippen LogP contribution in [-0.4, -0.2) is 52.6 Å². The van der Waals surface area contributed by atoms with E-state index in [1.165, 1.54) is 0 Å². The molecule has 0 radical (unpaired) electrons. The van der Waals surface area contributed by atoms with Crippen LogP contribution >= 0.6 is 0 Å². The molecule has 0 aromatic heterocycles. The Balaban J connectivity index is 2.23. The third kappa shape index (κ3) is 0.896. The molecule has 0 aromatic carbocycles. The molecule has 0 aliphatic carbocycles. The summed E-state index contributed by atoms with van der Waals surface area (Å²) >= 11 is 0. The number of aliphatic hydroxyl groups is 3. The summed E-state index contributed by atoms with van der Waals surface area (Å²) in [6, 6.07) is 0. The molecule has 3 N–H and O–H groups in total. The van der Waals surface area contributed by atoms with E-state index < -0.39 is 24.1 Å². The predicted octanol–water partition coefficient (Wildman–Crippen LogP) is -2.17. The third-order valence-corrected chi connectivity index (χ3v) is 2.17. The van der Waals surface area contributed by atoms with Crippen molar-refractivity contribution < 1.29 is 24.8 Å².